The summed E-state index contributed by atoms with van der Waals surface area (Å²) in [6.45, 7) is 0.461. The summed E-state index contributed by atoms with van der Waals surface area (Å²) < 4.78 is 15.7. The normalized spacial score (nSPS) is 18.4. The maximum atomic E-state index is 13.7. The zero-order chi connectivity index (χ0) is 13.4. The van der Waals surface area contributed by atoms with Crippen molar-refractivity contribution in [2.24, 2.45) is 0 Å². The molecule has 1 aromatic heterocycles. The van der Waals surface area contributed by atoms with Crippen molar-refractivity contribution in [3.63, 3.8) is 0 Å². The highest BCUT2D eigenvalue weighted by molar-refractivity contribution is 6.30. The minimum atomic E-state index is -0.375. The lowest BCUT2D eigenvalue weighted by Crippen LogP contribution is -2.05. The highest BCUT2D eigenvalue weighted by atomic mass is 35.5. The van der Waals surface area contributed by atoms with Gasteiger partial charge in [-0.3, -0.25) is 0 Å². The molecule has 1 unspecified atom stereocenters. The summed E-state index contributed by atoms with van der Waals surface area (Å²) >= 11 is 5.74. The molecule has 2 aromatic rings. The first-order chi connectivity index (χ1) is 9.13. The van der Waals surface area contributed by atoms with Crippen LogP contribution in [0.1, 0.15) is 35.6 Å². The molecule has 0 saturated carbocycles. The first-order valence-electron chi connectivity index (χ1n) is 6.44. The molecule has 1 atom stereocenters. The smallest absolute Gasteiger partial charge is 0.129 e. The van der Waals surface area contributed by atoms with Crippen LogP contribution in [-0.2, 0) is 13.0 Å². The molecule has 0 saturated heterocycles. The van der Waals surface area contributed by atoms with E-state index in [1.165, 1.54) is 11.6 Å². The topological polar surface area (TPSA) is 25.2 Å². The Morgan fingerprint density at radius 2 is 2.21 bits per heavy atom. The van der Waals surface area contributed by atoms with E-state index in [2.05, 4.69) is 0 Å². The molecule has 3 rings (SSSR count). The lowest BCUT2D eigenvalue weighted by molar-refractivity contribution is 0.157. The molecule has 0 aliphatic heterocycles. The van der Waals surface area contributed by atoms with Crippen LogP contribution >= 0.6 is 11.6 Å². The van der Waals surface area contributed by atoms with Crippen LogP contribution in [0.3, 0.4) is 0 Å². The number of fused-ring (bicyclic) bond motifs is 1. The van der Waals surface area contributed by atoms with Crippen LogP contribution in [0.2, 0.25) is 5.02 Å². The Bertz CT molecular complexity index is 608. The standard InChI is InChI=1S/C15H15ClFNO/c16-12-5-4-11(14(17)6-12)8-18-7-10-2-1-3-15(19)13(10)9-18/h4-7,9,15,19H,1-3,8H2. The zero-order valence-electron chi connectivity index (χ0n) is 10.4. The van der Waals surface area contributed by atoms with Gasteiger partial charge in [0.05, 0.1) is 6.10 Å². The van der Waals surface area contributed by atoms with E-state index in [-0.39, 0.29) is 11.9 Å². The number of aromatic nitrogens is 1. The van der Waals surface area contributed by atoms with Crippen molar-refractivity contribution in [1.82, 2.24) is 4.57 Å². The maximum Gasteiger partial charge on any atom is 0.129 e. The summed E-state index contributed by atoms with van der Waals surface area (Å²) in [5.74, 6) is -0.292. The van der Waals surface area contributed by atoms with Crippen molar-refractivity contribution in [2.75, 3.05) is 0 Å². The summed E-state index contributed by atoms with van der Waals surface area (Å²) in [5, 5.41) is 10.3. The van der Waals surface area contributed by atoms with E-state index in [4.69, 9.17) is 11.6 Å². The van der Waals surface area contributed by atoms with Gasteiger partial charge in [-0.15, -0.1) is 0 Å². The third-order valence-corrected chi connectivity index (χ3v) is 3.88. The number of benzene rings is 1. The third kappa shape index (κ3) is 2.53. The van der Waals surface area contributed by atoms with Crippen molar-refractivity contribution in [3.05, 3.63) is 58.1 Å². The van der Waals surface area contributed by atoms with E-state index >= 15 is 0 Å². The van der Waals surface area contributed by atoms with Gasteiger partial charge in [0.1, 0.15) is 5.82 Å². The molecule has 1 aliphatic carbocycles. The van der Waals surface area contributed by atoms with Crippen LogP contribution < -0.4 is 0 Å². The highest BCUT2D eigenvalue weighted by Gasteiger charge is 2.20. The Kier molecular flexibility index (Phi) is 3.33. The maximum absolute atomic E-state index is 13.7. The average Bonchev–Trinajstić information content (AvgIpc) is 2.77. The zero-order valence-corrected chi connectivity index (χ0v) is 11.2. The Hall–Kier alpha value is -1.32. The third-order valence-electron chi connectivity index (χ3n) is 3.65. The fourth-order valence-electron chi connectivity index (χ4n) is 2.66. The number of aliphatic hydroxyl groups is 1. The number of nitrogens with zero attached hydrogens (tertiary/aromatic N) is 1. The van der Waals surface area contributed by atoms with E-state index in [1.807, 2.05) is 17.0 Å². The van der Waals surface area contributed by atoms with Gasteiger partial charge < -0.3 is 9.67 Å². The molecule has 1 aromatic carbocycles. The average molecular weight is 280 g/mol. The lowest BCUT2D eigenvalue weighted by Gasteiger charge is -2.16. The fraction of sp³-hybridized carbons (Fsp3) is 0.333. The number of hydrogen-bond acceptors (Lipinski definition) is 1. The van der Waals surface area contributed by atoms with Crippen molar-refractivity contribution in [1.29, 1.82) is 0 Å². The quantitative estimate of drug-likeness (QED) is 0.891. The molecule has 19 heavy (non-hydrogen) atoms. The van der Waals surface area contributed by atoms with Crippen molar-refractivity contribution < 1.29 is 9.50 Å². The van der Waals surface area contributed by atoms with Crippen molar-refractivity contribution >= 4 is 11.6 Å². The fourth-order valence-corrected chi connectivity index (χ4v) is 2.82. The van der Waals surface area contributed by atoms with Gasteiger partial charge in [-0.1, -0.05) is 17.7 Å². The van der Waals surface area contributed by atoms with Gasteiger partial charge in [0.2, 0.25) is 0 Å². The van der Waals surface area contributed by atoms with Gasteiger partial charge in [-0.25, -0.2) is 4.39 Å². The Balaban J connectivity index is 1.87. The summed E-state index contributed by atoms with van der Waals surface area (Å²) in [4.78, 5) is 0. The first kappa shape index (κ1) is 12.7. The van der Waals surface area contributed by atoms with Gasteiger partial charge in [0, 0.05) is 35.1 Å². The molecule has 1 heterocycles. The summed E-state index contributed by atoms with van der Waals surface area (Å²) in [5.41, 5.74) is 2.76. The van der Waals surface area contributed by atoms with Gasteiger partial charge in [-0.05, 0) is 37.0 Å². The number of halogens is 2. The summed E-state index contributed by atoms with van der Waals surface area (Å²) in [7, 11) is 0. The highest BCUT2D eigenvalue weighted by Crippen LogP contribution is 2.30. The minimum Gasteiger partial charge on any atom is -0.388 e. The molecular weight excluding hydrogens is 265 g/mol. The molecule has 0 bridgehead atoms. The number of aliphatic hydroxyl groups excluding tert-OH is 1. The van der Waals surface area contributed by atoms with Crippen LogP contribution in [0, 0.1) is 5.82 Å². The predicted molar refractivity (Wildman–Crippen MR) is 72.8 cm³/mol. The molecule has 0 radical (unpaired) electrons. The van der Waals surface area contributed by atoms with E-state index in [9.17, 15) is 9.50 Å². The minimum absolute atomic E-state index is 0.292. The lowest BCUT2D eigenvalue weighted by atomic mass is 9.93. The van der Waals surface area contributed by atoms with Crippen LogP contribution in [0.5, 0.6) is 0 Å². The second kappa shape index (κ2) is 4.99. The molecule has 1 aliphatic rings. The molecule has 0 amide bonds. The van der Waals surface area contributed by atoms with Crippen LogP contribution in [0.4, 0.5) is 4.39 Å². The molecule has 2 nitrogen and oxygen atoms in total. The van der Waals surface area contributed by atoms with Crippen molar-refractivity contribution in [2.45, 2.75) is 31.9 Å². The van der Waals surface area contributed by atoms with Crippen LogP contribution in [-0.4, -0.2) is 9.67 Å². The second-order valence-electron chi connectivity index (χ2n) is 5.05. The molecular formula is C15H15ClFNO. The first-order valence-corrected chi connectivity index (χ1v) is 6.82. The number of aryl methyl sites for hydroxylation is 1. The number of hydrogen-bond donors (Lipinski definition) is 1. The van der Waals surface area contributed by atoms with Gasteiger partial charge in [0.15, 0.2) is 0 Å². The number of rotatable bonds is 2. The molecule has 0 fully saturated rings. The van der Waals surface area contributed by atoms with E-state index in [1.54, 1.807) is 12.1 Å². The van der Waals surface area contributed by atoms with Crippen molar-refractivity contribution in [3.8, 4) is 0 Å². The van der Waals surface area contributed by atoms with Crippen LogP contribution in [0.25, 0.3) is 0 Å². The van der Waals surface area contributed by atoms with Gasteiger partial charge in [0.25, 0.3) is 0 Å². The Labute approximate surface area is 116 Å². The second-order valence-corrected chi connectivity index (χ2v) is 5.49. The summed E-state index contributed by atoms with van der Waals surface area (Å²) in [6, 6.07) is 4.72. The van der Waals surface area contributed by atoms with Gasteiger partial charge >= 0.3 is 0 Å². The molecule has 4 heteroatoms. The summed E-state index contributed by atoms with van der Waals surface area (Å²) in [6.07, 6.45) is 6.36. The Morgan fingerprint density at radius 1 is 1.37 bits per heavy atom. The van der Waals surface area contributed by atoms with Crippen LogP contribution in [0.15, 0.2) is 30.6 Å². The van der Waals surface area contributed by atoms with E-state index in [0.717, 1.165) is 24.8 Å². The van der Waals surface area contributed by atoms with E-state index < -0.39 is 0 Å². The predicted octanol–water partition coefficient (Wildman–Crippen LogP) is 3.70. The largest absolute Gasteiger partial charge is 0.388 e. The Morgan fingerprint density at radius 3 is 2.95 bits per heavy atom. The van der Waals surface area contributed by atoms with Gasteiger partial charge in [-0.2, -0.15) is 0 Å². The molecule has 100 valence electrons. The molecule has 0 spiro atoms. The molecule has 1 N–H and O–H groups in total. The SMILES string of the molecule is OC1CCCc2cn(Cc3ccc(Cl)cc3F)cc21. The van der Waals surface area contributed by atoms with E-state index in [0.29, 0.717) is 17.1 Å². The monoisotopic (exact) mass is 279 g/mol.